The van der Waals surface area contributed by atoms with Crippen molar-refractivity contribution < 1.29 is 4.79 Å². The molecule has 0 spiro atoms. The van der Waals surface area contributed by atoms with Gasteiger partial charge in [-0.1, -0.05) is 36.4 Å². The lowest BCUT2D eigenvalue weighted by Gasteiger charge is -2.13. The molecule has 26 heavy (non-hydrogen) atoms. The van der Waals surface area contributed by atoms with Gasteiger partial charge in [-0.15, -0.1) is 0 Å². The summed E-state index contributed by atoms with van der Waals surface area (Å²) >= 11 is 0. The Bertz CT molecular complexity index is 1150. The van der Waals surface area contributed by atoms with Crippen LogP contribution in [0.5, 0.6) is 0 Å². The first kappa shape index (κ1) is 14.8. The Labute approximate surface area is 149 Å². The van der Waals surface area contributed by atoms with Gasteiger partial charge in [0.2, 0.25) is 0 Å². The lowest BCUT2D eigenvalue weighted by Crippen LogP contribution is -2.35. The van der Waals surface area contributed by atoms with E-state index in [1.54, 1.807) is 16.9 Å². The predicted octanol–water partition coefficient (Wildman–Crippen LogP) is 2.90. The van der Waals surface area contributed by atoms with Gasteiger partial charge in [0, 0.05) is 18.3 Å². The minimum Gasteiger partial charge on any atom is -0.349 e. The Kier molecular flexibility index (Phi) is 3.28. The zero-order valence-electron chi connectivity index (χ0n) is 13.9. The zero-order chi connectivity index (χ0) is 17.5. The van der Waals surface area contributed by atoms with Crippen LogP contribution >= 0.6 is 0 Å². The summed E-state index contributed by atoms with van der Waals surface area (Å²) in [5, 5.41) is 9.67. The molecule has 3 heterocycles. The van der Waals surface area contributed by atoms with E-state index >= 15 is 0 Å². The number of benzene rings is 2. The van der Waals surface area contributed by atoms with Gasteiger partial charge in [-0.05, 0) is 29.0 Å². The lowest BCUT2D eigenvalue weighted by atomic mass is 10.1. The van der Waals surface area contributed by atoms with E-state index < -0.39 is 0 Å². The maximum absolute atomic E-state index is 11.9. The molecule has 6 nitrogen and oxygen atoms in total. The third-order valence-electron chi connectivity index (χ3n) is 4.55. The summed E-state index contributed by atoms with van der Waals surface area (Å²) in [6.45, 7) is 1.27. The SMILES string of the molecule is O=C1NCCn2nc(-c3ccnc(-c4ccc5ccccc5c4)n3)cc21. The first-order valence-corrected chi connectivity index (χ1v) is 8.46. The molecule has 126 valence electrons. The number of amides is 1. The summed E-state index contributed by atoms with van der Waals surface area (Å²) in [6, 6.07) is 18.0. The first-order valence-electron chi connectivity index (χ1n) is 8.46. The maximum atomic E-state index is 11.9. The molecule has 1 aliphatic heterocycles. The topological polar surface area (TPSA) is 72.7 Å². The van der Waals surface area contributed by atoms with Crippen LogP contribution in [0.3, 0.4) is 0 Å². The van der Waals surface area contributed by atoms with Gasteiger partial charge in [0.05, 0.1) is 12.2 Å². The number of aromatic nitrogens is 4. The monoisotopic (exact) mass is 341 g/mol. The molecule has 1 aliphatic rings. The summed E-state index contributed by atoms with van der Waals surface area (Å²) in [6.07, 6.45) is 1.73. The number of nitrogens with zero attached hydrogens (tertiary/aromatic N) is 4. The second-order valence-corrected chi connectivity index (χ2v) is 6.22. The smallest absolute Gasteiger partial charge is 0.269 e. The average Bonchev–Trinajstić information content (AvgIpc) is 3.14. The molecule has 0 unspecified atom stereocenters. The van der Waals surface area contributed by atoms with E-state index in [1.807, 2.05) is 24.3 Å². The molecule has 1 amide bonds. The number of carbonyl (C=O) groups excluding carboxylic acids is 1. The fraction of sp³-hybridized carbons (Fsp3) is 0.100. The highest BCUT2D eigenvalue weighted by atomic mass is 16.2. The molecule has 0 saturated carbocycles. The van der Waals surface area contributed by atoms with E-state index in [2.05, 4.69) is 44.6 Å². The molecule has 0 radical (unpaired) electrons. The Balaban J connectivity index is 1.57. The van der Waals surface area contributed by atoms with Crippen LogP contribution in [-0.2, 0) is 6.54 Å². The molecule has 0 aliphatic carbocycles. The van der Waals surface area contributed by atoms with Crippen LogP contribution in [0.2, 0.25) is 0 Å². The maximum Gasteiger partial charge on any atom is 0.269 e. The first-order chi connectivity index (χ1) is 12.8. The lowest BCUT2D eigenvalue weighted by molar-refractivity contribution is 0.0924. The van der Waals surface area contributed by atoms with Crippen molar-refractivity contribution >= 4 is 16.7 Å². The van der Waals surface area contributed by atoms with E-state index in [0.717, 1.165) is 10.9 Å². The Morgan fingerprint density at radius 3 is 2.73 bits per heavy atom. The molecule has 2 aromatic carbocycles. The highest BCUT2D eigenvalue weighted by molar-refractivity contribution is 5.94. The van der Waals surface area contributed by atoms with Crippen LogP contribution in [-0.4, -0.2) is 32.2 Å². The van der Waals surface area contributed by atoms with Crippen molar-refractivity contribution in [2.45, 2.75) is 6.54 Å². The number of rotatable bonds is 2. The third-order valence-corrected chi connectivity index (χ3v) is 4.55. The van der Waals surface area contributed by atoms with Crippen LogP contribution in [0, 0.1) is 0 Å². The molecule has 0 fully saturated rings. The summed E-state index contributed by atoms with van der Waals surface area (Å²) in [4.78, 5) is 21.0. The summed E-state index contributed by atoms with van der Waals surface area (Å²) in [5.41, 5.74) is 2.91. The van der Waals surface area contributed by atoms with Crippen LogP contribution < -0.4 is 5.32 Å². The number of hydrogen-bond acceptors (Lipinski definition) is 4. The third kappa shape index (κ3) is 2.43. The van der Waals surface area contributed by atoms with Gasteiger partial charge in [0.15, 0.2) is 5.82 Å². The van der Waals surface area contributed by atoms with Crippen molar-refractivity contribution in [3.8, 4) is 22.8 Å². The number of hydrogen-bond donors (Lipinski definition) is 1. The molecule has 4 aromatic rings. The molecule has 0 atom stereocenters. The van der Waals surface area contributed by atoms with E-state index in [1.165, 1.54) is 5.39 Å². The minimum absolute atomic E-state index is 0.0983. The largest absolute Gasteiger partial charge is 0.349 e. The van der Waals surface area contributed by atoms with Crippen LogP contribution in [0.1, 0.15) is 10.5 Å². The van der Waals surface area contributed by atoms with E-state index in [-0.39, 0.29) is 5.91 Å². The summed E-state index contributed by atoms with van der Waals surface area (Å²) < 4.78 is 1.73. The Hall–Kier alpha value is -3.54. The van der Waals surface area contributed by atoms with Crippen molar-refractivity contribution in [1.29, 1.82) is 0 Å². The van der Waals surface area contributed by atoms with Crippen LogP contribution in [0.15, 0.2) is 60.8 Å². The second kappa shape index (κ2) is 5.77. The highest BCUT2D eigenvalue weighted by Gasteiger charge is 2.20. The van der Waals surface area contributed by atoms with Crippen molar-refractivity contribution in [2.24, 2.45) is 0 Å². The molecular weight excluding hydrogens is 326 g/mol. The van der Waals surface area contributed by atoms with Crippen LogP contribution in [0.25, 0.3) is 33.5 Å². The van der Waals surface area contributed by atoms with E-state index in [4.69, 9.17) is 0 Å². The van der Waals surface area contributed by atoms with Gasteiger partial charge >= 0.3 is 0 Å². The molecule has 0 saturated heterocycles. The van der Waals surface area contributed by atoms with Gasteiger partial charge in [0.1, 0.15) is 11.4 Å². The Morgan fingerprint density at radius 1 is 0.962 bits per heavy atom. The second-order valence-electron chi connectivity index (χ2n) is 6.22. The summed E-state index contributed by atoms with van der Waals surface area (Å²) in [7, 11) is 0. The van der Waals surface area contributed by atoms with Gasteiger partial charge in [-0.25, -0.2) is 9.97 Å². The fourth-order valence-electron chi connectivity index (χ4n) is 3.23. The molecule has 2 aromatic heterocycles. The molecule has 5 rings (SSSR count). The van der Waals surface area contributed by atoms with Gasteiger partial charge in [-0.2, -0.15) is 5.10 Å². The average molecular weight is 341 g/mol. The minimum atomic E-state index is -0.0983. The van der Waals surface area contributed by atoms with Gasteiger partial charge in [-0.3, -0.25) is 9.48 Å². The predicted molar refractivity (Wildman–Crippen MR) is 98.5 cm³/mol. The van der Waals surface area contributed by atoms with Crippen molar-refractivity contribution in [1.82, 2.24) is 25.1 Å². The number of fused-ring (bicyclic) bond motifs is 2. The van der Waals surface area contributed by atoms with E-state index in [9.17, 15) is 4.79 Å². The Morgan fingerprint density at radius 2 is 1.85 bits per heavy atom. The normalized spacial score (nSPS) is 13.5. The van der Waals surface area contributed by atoms with Crippen molar-refractivity contribution in [2.75, 3.05) is 6.54 Å². The van der Waals surface area contributed by atoms with Gasteiger partial charge in [0.25, 0.3) is 5.91 Å². The number of carbonyl (C=O) groups is 1. The standard InChI is InChI=1S/C20H15N5O/c26-20-18-12-17(24-25(18)10-9-22-20)16-7-8-21-19(23-16)15-6-5-13-3-1-2-4-14(13)11-15/h1-8,11-12H,9-10H2,(H,22,26). The van der Waals surface area contributed by atoms with Crippen molar-refractivity contribution in [3.63, 3.8) is 0 Å². The zero-order valence-corrected chi connectivity index (χ0v) is 13.9. The summed E-state index contributed by atoms with van der Waals surface area (Å²) in [5.74, 6) is 0.544. The van der Waals surface area contributed by atoms with Crippen molar-refractivity contribution in [3.05, 3.63) is 66.5 Å². The highest BCUT2D eigenvalue weighted by Crippen LogP contribution is 2.24. The van der Waals surface area contributed by atoms with Gasteiger partial charge < -0.3 is 5.32 Å². The quantitative estimate of drug-likeness (QED) is 0.608. The molecule has 0 bridgehead atoms. The fourth-order valence-corrected chi connectivity index (χ4v) is 3.23. The molecule has 1 N–H and O–H groups in total. The van der Waals surface area contributed by atoms with Crippen LogP contribution in [0.4, 0.5) is 0 Å². The van der Waals surface area contributed by atoms with E-state index in [0.29, 0.717) is 36.0 Å². The molecular formula is C20H15N5O. The number of nitrogens with one attached hydrogen (secondary N) is 1. The molecule has 6 heteroatoms.